The Hall–Kier alpha value is -2.70. The van der Waals surface area contributed by atoms with E-state index in [1.54, 1.807) is 0 Å². The molecule has 2 rings (SSSR count). The summed E-state index contributed by atoms with van der Waals surface area (Å²) in [5, 5.41) is 19.2. The number of carboxylic acid groups (broad SMARTS) is 1. The molecular weight excluding hydrogens is 316 g/mol. The average Bonchev–Trinajstić information content (AvgIpc) is 2.55. The molecule has 0 radical (unpaired) electrons. The number of hydrogen-bond acceptors (Lipinski definition) is 6. The van der Waals surface area contributed by atoms with E-state index in [9.17, 15) is 14.7 Å². The van der Waals surface area contributed by atoms with Crippen LogP contribution in [-0.4, -0.2) is 29.4 Å². The van der Waals surface area contributed by atoms with Crippen LogP contribution in [0.2, 0.25) is 0 Å². The van der Waals surface area contributed by atoms with Gasteiger partial charge in [-0.25, -0.2) is 9.59 Å². The van der Waals surface area contributed by atoms with E-state index in [1.165, 1.54) is 18.2 Å². The van der Waals surface area contributed by atoms with E-state index in [4.69, 9.17) is 19.0 Å². The monoisotopic (exact) mass is 336 g/mol. The zero-order chi connectivity index (χ0) is 17.5. The standard InChI is InChI=1S/C17H20O7/c1-2-3-4-5-9-22-16-15(20)14-11(23-10-13(18)19)7-6-8-12(14)24-17(16)21/h6-8,20H,2-5,9-10H2,1H3,(H,18,19). The molecule has 2 N–H and O–H groups in total. The first-order chi connectivity index (χ1) is 11.5. The lowest BCUT2D eigenvalue weighted by atomic mass is 10.2. The Morgan fingerprint density at radius 3 is 2.71 bits per heavy atom. The first-order valence-corrected chi connectivity index (χ1v) is 7.80. The molecule has 1 heterocycles. The number of carbonyl (C=O) groups is 1. The van der Waals surface area contributed by atoms with Crippen molar-refractivity contribution in [2.24, 2.45) is 0 Å². The number of carboxylic acids is 1. The second kappa shape index (κ2) is 8.24. The molecule has 2 aromatic rings. The van der Waals surface area contributed by atoms with Crippen LogP contribution >= 0.6 is 0 Å². The van der Waals surface area contributed by atoms with Crippen LogP contribution in [0, 0.1) is 0 Å². The number of fused-ring (bicyclic) bond motifs is 1. The lowest BCUT2D eigenvalue weighted by Crippen LogP contribution is -2.11. The summed E-state index contributed by atoms with van der Waals surface area (Å²) in [5.74, 6) is -1.74. The third kappa shape index (κ3) is 4.18. The van der Waals surface area contributed by atoms with Crippen LogP contribution in [0.1, 0.15) is 32.6 Å². The van der Waals surface area contributed by atoms with Gasteiger partial charge < -0.3 is 24.1 Å². The van der Waals surface area contributed by atoms with Crippen LogP contribution in [0.3, 0.4) is 0 Å². The van der Waals surface area contributed by atoms with Gasteiger partial charge in [-0.05, 0) is 18.6 Å². The van der Waals surface area contributed by atoms with Gasteiger partial charge in [0.15, 0.2) is 12.4 Å². The van der Waals surface area contributed by atoms with E-state index in [0.29, 0.717) is 0 Å². The Kier molecular flexibility index (Phi) is 6.06. The molecular formula is C17H20O7. The third-order valence-electron chi connectivity index (χ3n) is 3.42. The summed E-state index contributed by atoms with van der Waals surface area (Å²) in [6, 6.07) is 4.50. The van der Waals surface area contributed by atoms with Crippen molar-refractivity contribution in [3.8, 4) is 17.2 Å². The molecule has 130 valence electrons. The molecule has 1 aromatic heterocycles. The Morgan fingerprint density at radius 1 is 1.21 bits per heavy atom. The van der Waals surface area contributed by atoms with E-state index in [2.05, 4.69) is 6.92 Å². The van der Waals surface area contributed by atoms with Crippen LogP contribution in [0.4, 0.5) is 0 Å². The lowest BCUT2D eigenvalue weighted by Gasteiger charge is -2.11. The van der Waals surface area contributed by atoms with Crippen molar-refractivity contribution in [3.05, 3.63) is 28.6 Å². The first kappa shape index (κ1) is 17.7. The number of ether oxygens (including phenoxy) is 2. The maximum absolute atomic E-state index is 12.0. The highest BCUT2D eigenvalue weighted by Crippen LogP contribution is 2.37. The molecule has 0 saturated heterocycles. The molecule has 0 aliphatic carbocycles. The zero-order valence-corrected chi connectivity index (χ0v) is 13.4. The molecule has 0 amide bonds. The van der Waals surface area contributed by atoms with Gasteiger partial charge in [0.25, 0.3) is 0 Å². The van der Waals surface area contributed by atoms with Crippen molar-refractivity contribution in [1.82, 2.24) is 0 Å². The minimum absolute atomic E-state index is 0.0960. The van der Waals surface area contributed by atoms with Crippen LogP contribution in [0.5, 0.6) is 17.2 Å². The fourth-order valence-electron chi connectivity index (χ4n) is 2.28. The SMILES string of the molecule is CCCCCCOc1c(O)c2c(OCC(=O)O)cccc2oc1=O. The Morgan fingerprint density at radius 2 is 2.00 bits per heavy atom. The van der Waals surface area contributed by atoms with E-state index in [-0.39, 0.29) is 29.1 Å². The molecule has 24 heavy (non-hydrogen) atoms. The van der Waals surface area contributed by atoms with Crippen molar-refractivity contribution in [3.63, 3.8) is 0 Å². The van der Waals surface area contributed by atoms with E-state index < -0.39 is 24.0 Å². The first-order valence-electron chi connectivity index (χ1n) is 7.80. The number of rotatable bonds is 9. The van der Waals surface area contributed by atoms with E-state index >= 15 is 0 Å². The predicted octanol–water partition coefficient (Wildman–Crippen LogP) is 2.92. The highest BCUT2D eigenvalue weighted by Gasteiger charge is 2.19. The van der Waals surface area contributed by atoms with Gasteiger partial charge in [0.1, 0.15) is 16.7 Å². The smallest absolute Gasteiger partial charge is 0.383 e. The minimum atomic E-state index is -1.16. The van der Waals surface area contributed by atoms with Crippen molar-refractivity contribution >= 4 is 16.9 Å². The lowest BCUT2D eigenvalue weighted by molar-refractivity contribution is -0.139. The molecule has 0 bridgehead atoms. The second-order valence-corrected chi connectivity index (χ2v) is 5.29. The van der Waals surface area contributed by atoms with Gasteiger partial charge in [-0.1, -0.05) is 32.3 Å². The minimum Gasteiger partial charge on any atom is -0.503 e. The number of aromatic hydroxyl groups is 1. The summed E-state index contributed by atoms with van der Waals surface area (Å²) in [5.41, 5.74) is -0.690. The topological polar surface area (TPSA) is 106 Å². The van der Waals surface area contributed by atoms with Gasteiger partial charge in [-0.2, -0.15) is 0 Å². The van der Waals surface area contributed by atoms with Crippen LogP contribution in [0.15, 0.2) is 27.4 Å². The van der Waals surface area contributed by atoms with Crippen LogP contribution in [-0.2, 0) is 4.79 Å². The van der Waals surface area contributed by atoms with Gasteiger partial charge in [0, 0.05) is 0 Å². The highest BCUT2D eigenvalue weighted by molar-refractivity contribution is 5.91. The number of unbranched alkanes of at least 4 members (excludes halogenated alkanes) is 3. The number of hydrogen-bond donors (Lipinski definition) is 2. The highest BCUT2D eigenvalue weighted by atomic mass is 16.5. The second-order valence-electron chi connectivity index (χ2n) is 5.29. The molecule has 0 saturated carbocycles. The zero-order valence-electron chi connectivity index (χ0n) is 13.4. The molecule has 7 heteroatoms. The van der Waals surface area contributed by atoms with E-state index in [0.717, 1.165) is 25.7 Å². The van der Waals surface area contributed by atoms with Gasteiger partial charge in [-0.15, -0.1) is 0 Å². The maximum atomic E-state index is 12.0. The van der Waals surface area contributed by atoms with Crippen molar-refractivity contribution in [2.45, 2.75) is 32.6 Å². The fourth-order valence-corrected chi connectivity index (χ4v) is 2.28. The van der Waals surface area contributed by atoms with Crippen LogP contribution < -0.4 is 15.1 Å². The quantitative estimate of drug-likeness (QED) is 0.535. The molecule has 0 aliphatic rings. The Balaban J connectivity index is 2.30. The molecule has 0 unspecified atom stereocenters. The largest absolute Gasteiger partial charge is 0.503 e. The number of aliphatic carboxylic acids is 1. The van der Waals surface area contributed by atoms with Crippen molar-refractivity contribution in [1.29, 1.82) is 0 Å². The summed E-state index contributed by atoms with van der Waals surface area (Å²) >= 11 is 0. The normalized spacial score (nSPS) is 10.7. The fraction of sp³-hybridized carbons (Fsp3) is 0.412. The van der Waals surface area contributed by atoms with Gasteiger partial charge >= 0.3 is 11.6 Å². The summed E-state index contributed by atoms with van der Waals surface area (Å²) in [4.78, 5) is 22.6. The summed E-state index contributed by atoms with van der Waals surface area (Å²) in [7, 11) is 0. The summed E-state index contributed by atoms with van der Waals surface area (Å²) < 4.78 is 15.6. The predicted molar refractivity (Wildman–Crippen MR) is 86.9 cm³/mol. The molecule has 0 aliphatic heterocycles. The summed E-state index contributed by atoms with van der Waals surface area (Å²) in [6.45, 7) is 1.79. The molecule has 0 fully saturated rings. The average molecular weight is 336 g/mol. The third-order valence-corrected chi connectivity index (χ3v) is 3.42. The van der Waals surface area contributed by atoms with Crippen molar-refractivity contribution < 1.29 is 28.9 Å². The molecule has 0 spiro atoms. The van der Waals surface area contributed by atoms with Crippen molar-refractivity contribution in [2.75, 3.05) is 13.2 Å². The number of benzene rings is 1. The molecule has 7 nitrogen and oxygen atoms in total. The van der Waals surface area contributed by atoms with Gasteiger partial charge in [0.2, 0.25) is 5.75 Å². The Labute approximate surface area is 138 Å². The Bertz CT molecular complexity index is 763. The van der Waals surface area contributed by atoms with Gasteiger partial charge in [-0.3, -0.25) is 0 Å². The summed E-state index contributed by atoms with van der Waals surface area (Å²) in [6.07, 6.45) is 3.85. The van der Waals surface area contributed by atoms with E-state index in [1.807, 2.05) is 0 Å². The maximum Gasteiger partial charge on any atom is 0.383 e. The van der Waals surface area contributed by atoms with Crippen LogP contribution in [0.25, 0.3) is 11.0 Å². The molecule has 1 aromatic carbocycles. The molecule has 0 atom stereocenters. The van der Waals surface area contributed by atoms with Gasteiger partial charge in [0.05, 0.1) is 6.61 Å².